The van der Waals surface area contributed by atoms with Crippen LogP contribution in [-0.2, 0) is 9.53 Å². The molecule has 35 heavy (non-hydrogen) atoms. The number of ether oxygens (including phenoxy) is 2. The molecule has 0 bridgehead atoms. The molecule has 1 aliphatic heterocycles. The molecule has 4 rings (SSSR count). The highest BCUT2D eigenvalue weighted by molar-refractivity contribution is 9.10. The van der Waals surface area contributed by atoms with E-state index in [2.05, 4.69) is 36.9 Å². The summed E-state index contributed by atoms with van der Waals surface area (Å²) in [6.07, 6.45) is 1.56. The van der Waals surface area contributed by atoms with Crippen LogP contribution in [0.2, 0.25) is 5.02 Å². The molecule has 11 heteroatoms. The van der Waals surface area contributed by atoms with Gasteiger partial charge in [0.15, 0.2) is 4.80 Å². The summed E-state index contributed by atoms with van der Waals surface area (Å²) in [5.74, 6) is 0.0252. The molecule has 3 aromatic rings. The summed E-state index contributed by atoms with van der Waals surface area (Å²) in [4.78, 5) is 31.6. The number of carbonyl (C=O) groups excluding carboxylic acids is 1. The molecule has 1 aliphatic rings. The summed E-state index contributed by atoms with van der Waals surface area (Å²) in [7, 11) is 1.56. The topological polar surface area (TPSA) is 90.1 Å². The lowest BCUT2D eigenvalue weighted by Crippen LogP contribution is -2.40. The minimum atomic E-state index is -0.769. The van der Waals surface area contributed by atoms with Crippen LogP contribution >= 0.6 is 54.8 Å². The lowest BCUT2D eigenvalue weighted by atomic mass is 9.96. The Bertz CT molecular complexity index is 1560. The van der Waals surface area contributed by atoms with Gasteiger partial charge in [0.25, 0.3) is 5.56 Å². The standard InChI is InChI=1S/C24H19Br2ClN2O5S/c1-4-34-23(32)19-11(2)28-24-29(20(19)12-5-6-17(33-3)15(25)8-12)22(31)18(35-24)9-13-7-14(27)10-16(26)21(13)30/h5-10,20,30H,4H2,1-3H3/b18-9+/t20-/m1/s1. The molecule has 0 spiro atoms. The molecule has 0 saturated heterocycles. The SMILES string of the molecule is CCOC(=O)C1=C(C)N=c2s/c(=C/c3cc(Cl)cc(Br)c3O)c(=O)n2[C@@H]1c1ccc(OC)c(Br)c1. The molecular weight excluding hydrogens is 624 g/mol. The molecule has 1 N–H and O–H groups in total. The van der Waals surface area contributed by atoms with E-state index in [1.54, 1.807) is 57.4 Å². The van der Waals surface area contributed by atoms with Crippen LogP contribution in [-0.4, -0.2) is 29.4 Å². The largest absolute Gasteiger partial charge is 0.506 e. The first-order valence-corrected chi connectivity index (χ1v) is 13.1. The van der Waals surface area contributed by atoms with E-state index in [0.717, 1.165) is 11.3 Å². The van der Waals surface area contributed by atoms with Gasteiger partial charge in [0.1, 0.15) is 11.5 Å². The minimum absolute atomic E-state index is 0.0423. The van der Waals surface area contributed by atoms with Crippen molar-refractivity contribution in [2.45, 2.75) is 19.9 Å². The number of benzene rings is 2. The number of thiazole rings is 1. The van der Waals surface area contributed by atoms with E-state index in [4.69, 9.17) is 21.1 Å². The number of carbonyl (C=O) groups is 1. The normalized spacial score (nSPS) is 15.6. The van der Waals surface area contributed by atoms with Gasteiger partial charge in [-0.1, -0.05) is 29.0 Å². The average Bonchev–Trinajstić information content (AvgIpc) is 3.10. The molecular formula is C24H19Br2ClN2O5S. The van der Waals surface area contributed by atoms with Crippen LogP contribution in [0.4, 0.5) is 0 Å². The van der Waals surface area contributed by atoms with E-state index in [1.807, 2.05) is 0 Å². The Morgan fingerprint density at radius 1 is 1.29 bits per heavy atom. The van der Waals surface area contributed by atoms with Crippen molar-refractivity contribution in [3.05, 3.63) is 86.4 Å². The first kappa shape index (κ1) is 25.7. The Balaban J connectivity index is 1.99. The summed E-state index contributed by atoms with van der Waals surface area (Å²) < 4.78 is 13.5. The monoisotopic (exact) mass is 640 g/mol. The fourth-order valence-corrected chi connectivity index (χ4v) is 6.23. The molecule has 0 fully saturated rings. The molecule has 2 heterocycles. The van der Waals surface area contributed by atoms with Crippen LogP contribution in [0.25, 0.3) is 6.08 Å². The summed E-state index contributed by atoms with van der Waals surface area (Å²) in [5, 5.41) is 10.9. The highest BCUT2D eigenvalue weighted by atomic mass is 79.9. The third-order valence-electron chi connectivity index (χ3n) is 5.35. The number of esters is 1. The lowest BCUT2D eigenvalue weighted by molar-refractivity contribution is -0.139. The van der Waals surface area contributed by atoms with Crippen molar-refractivity contribution < 1.29 is 19.4 Å². The van der Waals surface area contributed by atoms with Crippen molar-refractivity contribution in [2.75, 3.05) is 13.7 Å². The number of aromatic hydroxyl groups is 1. The molecule has 0 amide bonds. The quantitative estimate of drug-likeness (QED) is 0.408. The van der Waals surface area contributed by atoms with Gasteiger partial charge in [-0.2, -0.15) is 0 Å². The van der Waals surface area contributed by atoms with E-state index in [1.165, 1.54) is 4.57 Å². The highest BCUT2D eigenvalue weighted by Crippen LogP contribution is 2.35. The molecule has 1 atom stereocenters. The van der Waals surface area contributed by atoms with Crippen LogP contribution in [0, 0.1) is 0 Å². The number of nitrogens with zero attached hydrogens (tertiary/aromatic N) is 2. The first-order valence-electron chi connectivity index (χ1n) is 10.4. The van der Waals surface area contributed by atoms with Gasteiger partial charge in [-0.25, -0.2) is 9.79 Å². The maximum atomic E-state index is 13.7. The minimum Gasteiger partial charge on any atom is -0.506 e. The van der Waals surface area contributed by atoms with Gasteiger partial charge in [0.05, 0.1) is 44.5 Å². The van der Waals surface area contributed by atoms with Gasteiger partial charge in [-0.05, 0) is 81.6 Å². The van der Waals surface area contributed by atoms with E-state index in [0.29, 0.717) is 45.9 Å². The number of hydrogen-bond acceptors (Lipinski definition) is 7. The zero-order valence-electron chi connectivity index (χ0n) is 18.8. The molecule has 0 saturated carbocycles. The van der Waals surface area contributed by atoms with Gasteiger partial charge in [-0.3, -0.25) is 9.36 Å². The Hall–Kier alpha value is -2.40. The predicted octanol–water partition coefficient (Wildman–Crippen LogP) is 4.69. The number of halogens is 3. The maximum absolute atomic E-state index is 13.7. The molecule has 7 nitrogen and oxygen atoms in total. The van der Waals surface area contributed by atoms with Crippen molar-refractivity contribution in [3.63, 3.8) is 0 Å². The summed E-state index contributed by atoms with van der Waals surface area (Å²) >= 11 is 14.1. The highest BCUT2D eigenvalue weighted by Gasteiger charge is 2.33. The fraction of sp³-hybridized carbons (Fsp3) is 0.208. The molecule has 1 aromatic heterocycles. The van der Waals surface area contributed by atoms with Gasteiger partial charge < -0.3 is 14.6 Å². The zero-order valence-corrected chi connectivity index (χ0v) is 23.5. The van der Waals surface area contributed by atoms with Crippen molar-refractivity contribution in [1.82, 2.24) is 4.57 Å². The maximum Gasteiger partial charge on any atom is 0.338 e. The number of methoxy groups -OCH3 is 1. The Morgan fingerprint density at radius 3 is 2.69 bits per heavy atom. The van der Waals surface area contributed by atoms with Crippen molar-refractivity contribution >= 4 is 66.8 Å². The average molecular weight is 643 g/mol. The summed E-state index contributed by atoms with van der Waals surface area (Å²) in [6, 6.07) is 7.71. The second kappa shape index (κ2) is 10.3. The van der Waals surface area contributed by atoms with Crippen LogP contribution in [0.15, 0.2) is 60.3 Å². The van der Waals surface area contributed by atoms with Gasteiger partial charge >= 0.3 is 5.97 Å². The Morgan fingerprint density at radius 2 is 2.03 bits per heavy atom. The first-order chi connectivity index (χ1) is 16.7. The van der Waals surface area contributed by atoms with Crippen LogP contribution in [0.5, 0.6) is 11.5 Å². The number of aromatic nitrogens is 1. The third-order valence-corrected chi connectivity index (χ3v) is 7.78. The fourth-order valence-electron chi connectivity index (χ4n) is 3.80. The number of allylic oxidation sites excluding steroid dienone is 1. The smallest absolute Gasteiger partial charge is 0.338 e. The molecule has 0 aliphatic carbocycles. The van der Waals surface area contributed by atoms with Crippen LogP contribution in [0.3, 0.4) is 0 Å². The van der Waals surface area contributed by atoms with Crippen LogP contribution in [0.1, 0.15) is 31.0 Å². The van der Waals surface area contributed by atoms with E-state index in [9.17, 15) is 14.7 Å². The van der Waals surface area contributed by atoms with E-state index < -0.39 is 12.0 Å². The number of rotatable bonds is 5. The number of hydrogen-bond donors (Lipinski definition) is 1. The predicted molar refractivity (Wildman–Crippen MR) is 142 cm³/mol. The lowest BCUT2D eigenvalue weighted by Gasteiger charge is -2.25. The number of phenols is 1. The Labute approximate surface area is 226 Å². The molecule has 0 radical (unpaired) electrons. The number of fused-ring (bicyclic) bond motifs is 1. The zero-order chi connectivity index (χ0) is 25.4. The van der Waals surface area contributed by atoms with Crippen molar-refractivity contribution in [3.8, 4) is 11.5 Å². The summed E-state index contributed by atoms with van der Waals surface area (Å²) in [6.45, 7) is 3.62. The van der Waals surface area contributed by atoms with Crippen LogP contribution < -0.4 is 19.6 Å². The third kappa shape index (κ3) is 4.84. The molecule has 0 unspecified atom stereocenters. The van der Waals surface area contributed by atoms with Gasteiger partial charge in [0, 0.05) is 10.6 Å². The molecule has 182 valence electrons. The van der Waals surface area contributed by atoms with E-state index in [-0.39, 0.29) is 23.5 Å². The summed E-state index contributed by atoms with van der Waals surface area (Å²) in [5.41, 5.74) is 1.42. The number of phenolic OH excluding ortho intramolecular Hbond substituents is 1. The second-order valence-corrected chi connectivity index (χ2v) is 10.7. The Kier molecular flexibility index (Phi) is 7.56. The van der Waals surface area contributed by atoms with Gasteiger partial charge in [0.2, 0.25) is 0 Å². The van der Waals surface area contributed by atoms with Crippen molar-refractivity contribution in [1.29, 1.82) is 0 Å². The van der Waals surface area contributed by atoms with E-state index >= 15 is 0 Å². The van der Waals surface area contributed by atoms with Crippen molar-refractivity contribution in [2.24, 2.45) is 4.99 Å². The second-order valence-electron chi connectivity index (χ2n) is 7.52. The van der Waals surface area contributed by atoms with Gasteiger partial charge in [-0.15, -0.1) is 0 Å². The molecule has 2 aromatic carbocycles.